The fourth-order valence-electron chi connectivity index (χ4n) is 1.74. The molecule has 18 heavy (non-hydrogen) atoms. The first-order chi connectivity index (χ1) is 8.56. The van der Waals surface area contributed by atoms with Crippen molar-refractivity contribution in [2.24, 2.45) is 0 Å². The predicted molar refractivity (Wildman–Crippen MR) is 63.4 cm³/mol. The van der Waals surface area contributed by atoms with Crippen LogP contribution in [0.1, 0.15) is 22.3 Å². The van der Waals surface area contributed by atoms with Gasteiger partial charge >= 0.3 is 5.97 Å². The van der Waals surface area contributed by atoms with Gasteiger partial charge in [-0.15, -0.1) is 0 Å². The molecule has 1 aliphatic heterocycles. The van der Waals surface area contributed by atoms with Crippen molar-refractivity contribution in [2.75, 3.05) is 11.9 Å². The zero-order valence-corrected chi connectivity index (χ0v) is 9.53. The van der Waals surface area contributed by atoms with E-state index in [1.807, 2.05) is 0 Å². The van der Waals surface area contributed by atoms with E-state index < -0.39 is 5.97 Å². The Bertz CT molecular complexity index is 525. The summed E-state index contributed by atoms with van der Waals surface area (Å²) in [6.45, 7) is 0.0810. The van der Waals surface area contributed by atoms with E-state index in [1.165, 1.54) is 0 Å². The zero-order chi connectivity index (χ0) is 13.1. The van der Waals surface area contributed by atoms with Gasteiger partial charge < -0.3 is 15.7 Å². The summed E-state index contributed by atoms with van der Waals surface area (Å²) in [4.78, 5) is 33.2. The number of aliphatic carboxylic acids is 1. The SMILES string of the molecule is O=C(O)CCNC(=O)c1ccc2c(c1)NC(=O)C2. The summed E-state index contributed by atoms with van der Waals surface area (Å²) in [6.07, 6.45) is 0.212. The molecule has 6 heteroatoms. The number of carboxylic acid groups (broad SMARTS) is 1. The zero-order valence-electron chi connectivity index (χ0n) is 9.53. The van der Waals surface area contributed by atoms with Crippen molar-refractivity contribution in [1.82, 2.24) is 5.32 Å². The maximum atomic E-state index is 11.7. The average molecular weight is 248 g/mol. The first-order valence-corrected chi connectivity index (χ1v) is 5.49. The van der Waals surface area contributed by atoms with E-state index in [9.17, 15) is 14.4 Å². The van der Waals surface area contributed by atoms with Crippen LogP contribution in [0.2, 0.25) is 0 Å². The highest BCUT2D eigenvalue weighted by Gasteiger charge is 2.18. The van der Waals surface area contributed by atoms with Crippen LogP contribution in [0, 0.1) is 0 Å². The molecule has 2 amide bonds. The number of carboxylic acids is 1. The molecule has 3 N–H and O–H groups in total. The molecule has 1 aromatic rings. The first kappa shape index (κ1) is 12.1. The first-order valence-electron chi connectivity index (χ1n) is 5.49. The second-order valence-corrected chi connectivity index (χ2v) is 4.00. The fourth-order valence-corrected chi connectivity index (χ4v) is 1.74. The highest BCUT2D eigenvalue weighted by atomic mass is 16.4. The molecule has 0 aliphatic carbocycles. The minimum absolute atomic E-state index is 0.0810. The largest absolute Gasteiger partial charge is 0.481 e. The van der Waals surface area contributed by atoms with Crippen molar-refractivity contribution < 1.29 is 19.5 Å². The number of fused-ring (bicyclic) bond motifs is 1. The molecule has 0 atom stereocenters. The van der Waals surface area contributed by atoms with Gasteiger partial charge in [0, 0.05) is 17.8 Å². The standard InChI is InChI=1S/C12H12N2O4/c15-10-6-7-1-2-8(5-9(7)14-10)12(18)13-4-3-11(16)17/h1-2,5H,3-4,6H2,(H,13,18)(H,14,15)(H,16,17). The summed E-state index contributed by atoms with van der Waals surface area (Å²) < 4.78 is 0. The topological polar surface area (TPSA) is 95.5 Å². The predicted octanol–water partition coefficient (Wildman–Crippen LogP) is 0.386. The van der Waals surface area contributed by atoms with E-state index in [4.69, 9.17) is 5.11 Å². The lowest BCUT2D eigenvalue weighted by Gasteiger charge is -2.05. The van der Waals surface area contributed by atoms with Gasteiger partial charge in [0.1, 0.15) is 0 Å². The van der Waals surface area contributed by atoms with Crippen molar-refractivity contribution in [3.63, 3.8) is 0 Å². The van der Waals surface area contributed by atoms with E-state index in [-0.39, 0.29) is 24.8 Å². The van der Waals surface area contributed by atoms with Crippen LogP contribution >= 0.6 is 0 Å². The summed E-state index contributed by atoms with van der Waals surface area (Å²) in [6, 6.07) is 4.94. The number of benzene rings is 1. The molecule has 0 unspecified atom stereocenters. The van der Waals surface area contributed by atoms with Gasteiger partial charge in [0.2, 0.25) is 5.91 Å². The van der Waals surface area contributed by atoms with E-state index in [0.29, 0.717) is 17.7 Å². The Morgan fingerprint density at radius 3 is 2.89 bits per heavy atom. The van der Waals surface area contributed by atoms with Crippen LogP contribution in [-0.2, 0) is 16.0 Å². The number of amides is 2. The number of hydrogen-bond acceptors (Lipinski definition) is 3. The maximum Gasteiger partial charge on any atom is 0.305 e. The molecule has 0 saturated carbocycles. The van der Waals surface area contributed by atoms with Gasteiger partial charge in [0.25, 0.3) is 5.91 Å². The summed E-state index contributed by atoms with van der Waals surface area (Å²) in [5.41, 5.74) is 1.91. The van der Waals surface area contributed by atoms with Crippen LogP contribution in [0.5, 0.6) is 0 Å². The molecule has 0 spiro atoms. The van der Waals surface area contributed by atoms with Crippen molar-refractivity contribution in [2.45, 2.75) is 12.8 Å². The number of nitrogens with one attached hydrogen (secondary N) is 2. The lowest BCUT2D eigenvalue weighted by Crippen LogP contribution is -2.26. The molecule has 0 saturated heterocycles. The van der Waals surface area contributed by atoms with E-state index in [1.54, 1.807) is 18.2 Å². The highest BCUT2D eigenvalue weighted by Crippen LogP contribution is 2.23. The van der Waals surface area contributed by atoms with Gasteiger partial charge in [-0.2, -0.15) is 0 Å². The number of hydrogen-bond donors (Lipinski definition) is 3. The molecule has 6 nitrogen and oxygen atoms in total. The molecule has 0 bridgehead atoms. The Balaban J connectivity index is 2.01. The van der Waals surface area contributed by atoms with Crippen LogP contribution in [0.3, 0.4) is 0 Å². The summed E-state index contributed by atoms with van der Waals surface area (Å²) in [5, 5.41) is 13.6. The van der Waals surface area contributed by atoms with Gasteiger partial charge in [-0.05, 0) is 17.7 Å². The average Bonchev–Trinajstić information content (AvgIpc) is 2.67. The van der Waals surface area contributed by atoms with Crippen molar-refractivity contribution in [3.05, 3.63) is 29.3 Å². The minimum atomic E-state index is -0.962. The quantitative estimate of drug-likeness (QED) is 0.718. The molecule has 2 rings (SSSR count). The van der Waals surface area contributed by atoms with Crippen molar-refractivity contribution in [3.8, 4) is 0 Å². The molecular weight excluding hydrogens is 236 g/mol. The third-order valence-electron chi connectivity index (χ3n) is 2.62. The fraction of sp³-hybridized carbons (Fsp3) is 0.250. The van der Waals surface area contributed by atoms with Crippen molar-refractivity contribution in [1.29, 1.82) is 0 Å². The van der Waals surface area contributed by atoms with Gasteiger partial charge in [0.05, 0.1) is 12.8 Å². The van der Waals surface area contributed by atoms with Crippen LogP contribution in [-0.4, -0.2) is 29.4 Å². The van der Waals surface area contributed by atoms with Gasteiger partial charge in [0.15, 0.2) is 0 Å². The highest BCUT2D eigenvalue weighted by molar-refractivity contribution is 6.02. The maximum absolute atomic E-state index is 11.7. The molecule has 1 heterocycles. The van der Waals surface area contributed by atoms with Gasteiger partial charge in [-0.25, -0.2) is 0 Å². The third kappa shape index (κ3) is 2.65. The van der Waals surface area contributed by atoms with Gasteiger partial charge in [-0.3, -0.25) is 14.4 Å². The number of carbonyl (C=O) groups is 3. The number of carbonyl (C=O) groups excluding carboxylic acids is 2. The summed E-state index contributed by atoms with van der Waals surface area (Å²) >= 11 is 0. The number of rotatable bonds is 4. The van der Waals surface area contributed by atoms with E-state index >= 15 is 0 Å². The van der Waals surface area contributed by atoms with Crippen LogP contribution in [0.15, 0.2) is 18.2 Å². The van der Waals surface area contributed by atoms with Crippen LogP contribution in [0.4, 0.5) is 5.69 Å². The molecule has 94 valence electrons. The second-order valence-electron chi connectivity index (χ2n) is 4.00. The Labute approximate surface area is 103 Å². The normalized spacial score (nSPS) is 12.8. The van der Waals surface area contributed by atoms with Crippen molar-refractivity contribution >= 4 is 23.5 Å². The molecule has 0 fully saturated rings. The molecule has 0 radical (unpaired) electrons. The minimum Gasteiger partial charge on any atom is -0.481 e. The lowest BCUT2D eigenvalue weighted by molar-refractivity contribution is -0.136. The Morgan fingerprint density at radius 1 is 1.39 bits per heavy atom. The lowest BCUT2D eigenvalue weighted by atomic mass is 10.1. The van der Waals surface area contributed by atoms with Crippen LogP contribution < -0.4 is 10.6 Å². The van der Waals surface area contributed by atoms with E-state index in [2.05, 4.69) is 10.6 Å². The molecule has 0 aromatic heterocycles. The smallest absolute Gasteiger partial charge is 0.305 e. The van der Waals surface area contributed by atoms with E-state index in [0.717, 1.165) is 5.56 Å². The molecule has 1 aromatic carbocycles. The summed E-state index contributed by atoms with van der Waals surface area (Å²) in [5.74, 6) is -1.40. The second kappa shape index (κ2) is 4.87. The monoisotopic (exact) mass is 248 g/mol. The molecular formula is C12H12N2O4. The summed E-state index contributed by atoms with van der Waals surface area (Å²) in [7, 11) is 0. The Kier molecular flexibility index (Phi) is 3.27. The Hall–Kier alpha value is -2.37. The van der Waals surface area contributed by atoms with Gasteiger partial charge in [-0.1, -0.05) is 6.07 Å². The third-order valence-corrected chi connectivity index (χ3v) is 2.62. The number of anilines is 1. The Morgan fingerprint density at radius 2 is 2.17 bits per heavy atom. The molecule has 1 aliphatic rings. The van der Waals surface area contributed by atoms with Crippen LogP contribution in [0.25, 0.3) is 0 Å².